The number of alkyl halides is 3. The van der Waals surface area contributed by atoms with Crippen LogP contribution in [-0.4, -0.2) is 62.2 Å². The maximum Gasteiger partial charge on any atom is 0.416 e. The van der Waals surface area contributed by atoms with E-state index in [9.17, 15) is 22.8 Å². The van der Waals surface area contributed by atoms with Crippen molar-refractivity contribution in [3.05, 3.63) is 59.7 Å². The van der Waals surface area contributed by atoms with Crippen molar-refractivity contribution in [2.24, 2.45) is 0 Å². The fourth-order valence-corrected chi connectivity index (χ4v) is 5.43. The van der Waals surface area contributed by atoms with Crippen LogP contribution in [0.3, 0.4) is 0 Å². The molecule has 1 aliphatic carbocycles. The molecule has 1 atom stereocenters. The first-order valence-electron chi connectivity index (χ1n) is 14.6. The van der Waals surface area contributed by atoms with Crippen molar-refractivity contribution in [2.75, 3.05) is 44.4 Å². The normalized spacial score (nSPS) is 17.6. The second kappa shape index (κ2) is 14.7. The average Bonchev–Trinajstić information content (AvgIpc) is 2.99. The van der Waals surface area contributed by atoms with Crippen LogP contribution < -0.4 is 15.0 Å². The van der Waals surface area contributed by atoms with Crippen molar-refractivity contribution in [1.29, 1.82) is 0 Å². The van der Waals surface area contributed by atoms with Crippen molar-refractivity contribution in [3.63, 3.8) is 0 Å². The molecule has 10 heteroatoms. The lowest BCUT2D eigenvalue weighted by molar-refractivity contribution is -0.137. The SMILES string of the molecule is CCC(=O)N(c1cccc(C(F)(F)F)c1)C(C(=O)NC1CCCCC1)c1ccc(OCCCN2CCOCC2)cc1. The fraction of sp³-hybridized carbons (Fsp3) is 0.548. The highest BCUT2D eigenvalue weighted by atomic mass is 19.4. The highest BCUT2D eigenvalue weighted by Crippen LogP contribution is 2.35. The van der Waals surface area contributed by atoms with Gasteiger partial charge in [-0.1, -0.05) is 44.4 Å². The number of anilines is 1. The summed E-state index contributed by atoms with van der Waals surface area (Å²) < 4.78 is 52.0. The number of halogens is 3. The minimum absolute atomic E-state index is 0.0216. The molecule has 2 aromatic carbocycles. The molecule has 2 amide bonds. The number of carbonyl (C=O) groups is 2. The Morgan fingerprint density at radius 2 is 1.78 bits per heavy atom. The summed E-state index contributed by atoms with van der Waals surface area (Å²) >= 11 is 0. The molecule has 1 N–H and O–H groups in total. The summed E-state index contributed by atoms with van der Waals surface area (Å²) in [6.45, 7) is 6.39. The van der Waals surface area contributed by atoms with E-state index >= 15 is 0 Å². The lowest BCUT2D eigenvalue weighted by Gasteiger charge is -2.33. The zero-order valence-electron chi connectivity index (χ0n) is 23.6. The first-order valence-corrected chi connectivity index (χ1v) is 14.6. The second-order valence-electron chi connectivity index (χ2n) is 10.6. The Morgan fingerprint density at radius 1 is 1.07 bits per heavy atom. The molecule has 2 fully saturated rings. The minimum atomic E-state index is -4.59. The van der Waals surface area contributed by atoms with E-state index < -0.39 is 29.6 Å². The molecule has 1 unspecified atom stereocenters. The average molecular weight is 576 g/mol. The molecular formula is C31H40F3N3O4. The number of hydrogen-bond donors (Lipinski definition) is 1. The second-order valence-corrected chi connectivity index (χ2v) is 10.6. The molecule has 1 saturated heterocycles. The van der Waals surface area contributed by atoms with E-state index in [4.69, 9.17) is 9.47 Å². The number of ether oxygens (including phenoxy) is 2. The molecule has 2 aromatic rings. The molecule has 1 heterocycles. The third-order valence-corrected chi connectivity index (χ3v) is 7.67. The molecule has 7 nitrogen and oxygen atoms in total. The van der Waals surface area contributed by atoms with Gasteiger partial charge in [0.1, 0.15) is 11.8 Å². The molecular weight excluding hydrogens is 535 g/mol. The summed E-state index contributed by atoms with van der Waals surface area (Å²) in [4.78, 5) is 30.6. The molecule has 2 aliphatic rings. The third kappa shape index (κ3) is 8.69. The van der Waals surface area contributed by atoms with Gasteiger partial charge in [-0.2, -0.15) is 13.2 Å². The van der Waals surface area contributed by atoms with Crippen LogP contribution in [0.25, 0.3) is 0 Å². The van der Waals surface area contributed by atoms with Crippen LogP contribution in [0.2, 0.25) is 0 Å². The van der Waals surface area contributed by atoms with E-state index in [2.05, 4.69) is 10.2 Å². The van der Waals surface area contributed by atoms with E-state index in [1.807, 2.05) is 0 Å². The predicted molar refractivity (Wildman–Crippen MR) is 151 cm³/mol. The Hall–Kier alpha value is -3.11. The Labute approximate surface area is 240 Å². The van der Waals surface area contributed by atoms with Gasteiger partial charge in [0.2, 0.25) is 11.8 Å². The fourth-order valence-electron chi connectivity index (χ4n) is 5.43. The molecule has 1 saturated carbocycles. The zero-order valence-corrected chi connectivity index (χ0v) is 23.6. The maximum atomic E-state index is 13.8. The lowest BCUT2D eigenvalue weighted by atomic mass is 9.94. The van der Waals surface area contributed by atoms with Gasteiger partial charge in [0.15, 0.2) is 0 Å². The summed E-state index contributed by atoms with van der Waals surface area (Å²) in [5.74, 6) is -0.235. The number of rotatable bonds is 11. The molecule has 224 valence electrons. The Morgan fingerprint density at radius 3 is 2.44 bits per heavy atom. The van der Waals surface area contributed by atoms with Crippen LogP contribution in [-0.2, 0) is 20.5 Å². The van der Waals surface area contributed by atoms with E-state index in [0.29, 0.717) is 17.9 Å². The largest absolute Gasteiger partial charge is 0.494 e. The van der Waals surface area contributed by atoms with Gasteiger partial charge in [0.25, 0.3) is 0 Å². The van der Waals surface area contributed by atoms with E-state index in [0.717, 1.165) is 83.5 Å². The van der Waals surface area contributed by atoms with Crippen molar-refractivity contribution in [1.82, 2.24) is 10.2 Å². The Bertz CT molecular complexity index is 1130. The monoisotopic (exact) mass is 575 g/mol. The van der Waals surface area contributed by atoms with Crippen LogP contribution in [0, 0.1) is 0 Å². The summed E-state index contributed by atoms with van der Waals surface area (Å²) in [6.07, 6.45) is 1.06. The number of carbonyl (C=O) groups excluding carboxylic acids is 2. The number of benzene rings is 2. The third-order valence-electron chi connectivity index (χ3n) is 7.67. The molecule has 0 spiro atoms. The van der Waals surface area contributed by atoms with Crippen molar-refractivity contribution >= 4 is 17.5 Å². The van der Waals surface area contributed by atoms with Gasteiger partial charge >= 0.3 is 6.18 Å². The predicted octanol–water partition coefficient (Wildman–Crippen LogP) is 5.74. The Kier molecular flexibility index (Phi) is 11.0. The Balaban J connectivity index is 1.56. The molecule has 0 radical (unpaired) electrons. The lowest BCUT2D eigenvalue weighted by Crippen LogP contribution is -2.47. The van der Waals surface area contributed by atoms with Crippen molar-refractivity contribution < 1.29 is 32.2 Å². The van der Waals surface area contributed by atoms with Crippen LogP contribution in [0.5, 0.6) is 5.75 Å². The summed E-state index contributed by atoms with van der Waals surface area (Å²) in [7, 11) is 0. The minimum Gasteiger partial charge on any atom is -0.494 e. The van der Waals surface area contributed by atoms with Crippen molar-refractivity contribution in [2.45, 2.75) is 70.1 Å². The quantitative estimate of drug-likeness (QED) is 0.346. The standard InChI is InChI=1S/C31H40F3N3O4/c1-2-28(38)37(26-11-6-8-24(22-26)31(32,33)34)29(30(39)35-25-9-4-3-5-10-25)23-12-14-27(15-13-23)41-19-7-16-36-17-20-40-21-18-36/h6,8,11-15,22,25,29H,2-5,7,9-10,16-21H2,1H3,(H,35,39). The van der Waals surface area contributed by atoms with E-state index in [-0.39, 0.29) is 18.2 Å². The first kappa shape index (κ1) is 30.8. The first-order chi connectivity index (χ1) is 19.8. The highest BCUT2D eigenvalue weighted by Gasteiger charge is 2.36. The number of amides is 2. The van der Waals surface area contributed by atoms with Gasteiger partial charge in [0, 0.05) is 37.8 Å². The number of nitrogens with one attached hydrogen (secondary N) is 1. The van der Waals surface area contributed by atoms with Crippen LogP contribution in [0.1, 0.15) is 69.0 Å². The van der Waals surface area contributed by atoms with Gasteiger partial charge in [-0.15, -0.1) is 0 Å². The maximum absolute atomic E-state index is 13.8. The van der Waals surface area contributed by atoms with Gasteiger partial charge in [-0.3, -0.25) is 19.4 Å². The van der Waals surface area contributed by atoms with Crippen molar-refractivity contribution in [3.8, 4) is 5.75 Å². The molecule has 4 rings (SSSR count). The highest BCUT2D eigenvalue weighted by molar-refractivity contribution is 6.01. The van der Waals surface area contributed by atoms with E-state index in [1.54, 1.807) is 31.2 Å². The van der Waals surface area contributed by atoms with Crippen LogP contribution in [0.4, 0.5) is 18.9 Å². The van der Waals surface area contributed by atoms with E-state index in [1.165, 1.54) is 17.0 Å². The van der Waals surface area contributed by atoms with Crippen LogP contribution in [0.15, 0.2) is 48.5 Å². The molecule has 0 aromatic heterocycles. The summed E-state index contributed by atoms with van der Waals surface area (Å²) in [6, 6.07) is 10.3. The molecule has 41 heavy (non-hydrogen) atoms. The topological polar surface area (TPSA) is 71.1 Å². The molecule has 1 aliphatic heterocycles. The number of nitrogens with zero attached hydrogens (tertiary/aromatic N) is 2. The molecule has 0 bridgehead atoms. The van der Waals surface area contributed by atoms with Gasteiger partial charge in [0.05, 0.1) is 25.4 Å². The smallest absolute Gasteiger partial charge is 0.416 e. The van der Waals surface area contributed by atoms with Crippen LogP contribution >= 0.6 is 0 Å². The zero-order chi connectivity index (χ0) is 29.2. The van der Waals surface area contributed by atoms with Gasteiger partial charge in [-0.25, -0.2) is 0 Å². The van der Waals surface area contributed by atoms with Gasteiger partial charge < -0.3 is 14.8 Å². The summed E-state index contributed by atoms with van der Waals surface area (Å²) in [5.41, 5.74) is -0.353. The van der Waals surface area contributed by atoms with Gasteiger partial charge in [-0.05, 0) is 55.2 Å². The number of hydrogen-bond acceptors (Lipinski definition) is 5. The number of morpholine rings is 1. The summed E-state index contributed by atoms with van der Waals surface area (Å²) in [5, 5.41) is 3.08.